The van der Waals surface area contributed by atoms with Gasteiger partial charge in [0.25, 0.3) is 5.91 Å². The Hall–Kier alpha value is -3.05. The Kier molecular flexibility index (Phi) is 3.36. The summed E-state index contributed by atoms with van der Waals surface area (Å²) < 4.78 is 0. The Bertz CT molecular complexity index is 1140. The van der Waals surface area contributed by atoms with Crippen molar-refractivity contribution in [1.82, 2.24) is 9.97 Å². The molecule has 4 aromatic rings. The zero-order valence-corrected chi connectivity index (χ0v) is 13.1. The van der Waals surface area contributed by atoms with Crippen molar-refractivity contribution in [2.24, 2.45) is 0 Å². The third-order valence-electron chi connectivity index (χ3n) is 3.92. The number of aromatic amines is 2. The van der Waals surface area contributed by atoms with Crippen molar-refractivity contribution in [3.8, 4) is 0 Å². The lowest BCUT2D eigenvalue weighted by molar-refractivity contribution is 0.102. The molecule has 118 valence electrons. The third-order valence-corrected chi connectivity index (χ3v) is 4.23. The highest BCUT2D eigenvalue weighted by molar-refractivity contribution is 6.34. The molecule has 0 saturated carbocycles. The molecule has 2 aromatic heterocycles. The highest BCUT2D eigenvalue weighted by atomic mass is 35.5. The predicted molar refractivity (Wildman–Crippen MR) is 95.8 cm³/mol. The van der Waals surface area contributed by atoms with Crippen molar-refractivity contribution >= 4 is 45.0 Å². The monoisotopic (exact) mass is 337 g/mol. The first-order valence-corrected chi connectivity index (χ1v) is 7.70. The van der Waals surface area contributed by atoms with Crippen LogP contribution in [-0.2, 0) is 0 Å². The van der Waals surface area contributed by atoms with E-state index in [1.807, 2.05) is 12.1 Å². The number of hydrogen-bond acceptors (Lipinski definition) is 2. The van der Waals surface area contributed by atoms with Crippen molar-refractivity contribution in [1.29, 1.82) is 0 Å². The number of para-hydroxylation sites is 1. The standard InChI is InChI=1S/C18H12ClN3O2/c19-13-7-10-5-6-20-15(10)8-16(13)22-18(24)12-9-21-14-4-2-1-3-11(14)17(12)23/h1-9,20H,(H,21,23)(H,22,24). The predicted octanol–water partition coefficient (Wildman–Crippen LogP) is 3.92. The summed E-state index contributed by atoms with van der Waals surface area (Å²) in [5.74, 6) is -0.505. The van der Waals surface area contributed by atoms with Crippen LogP contribution in [0.5, 0.6) is 0 Å². The molecule has 3 N–H and O–H groups in total. The molecule has 0 saturated heterocycles. The highest BCUT2D eigenvalue weighted by Crippen LogP contribution is 2.27. The van der Waals surface area contributed by atoms with Crippen molar-refractivity contribution in [3.05, 3.63) is 75.7 Å². The third kappa shape index (κ3) is 2.35. The lowest BCUT2D eigenvalue weighted by Crippen LogP contribution is -2.22. The number of anilines is 1. The Morgan fingerprint density at radius 3 is 2.75 bits per heavy atom. The van der Waals surface area contributed by atoms with Crippen LogP contribution >= 0.6 is 11.6 Å². The van der Waals surface area contributed by atoms with E-state index in [1.165, 1.54) is 6.20 Å². The molecule has 6 heteroatoms. The number of hydrogen-bond donors (Lipinski definition) is 3. The fraction of sp³-hybridized carbons (Fsp3) is 0. The zero-order valence-electron chi connectivity index (χ0n) is 12.4. The minimum absolute atomic E-state index is 0.0383. The first-order valence-electron chi connectivity index (χ1n) is 7.32. The smallest absolute Gasteiger partial charge is 0.261 e. The molecule has 0 bridgehead atoms. The van der Waals surface area contributed by atoms with Crippen LogP contribution in [0.1, 0.15) is 10.4 Å². The number of halogens is 1. The first kappa shape index (κ1) is 14.5. The van der Waals surface area contributed by atoms with Gasteiger partial charge in [-0.2, -0.15) is 0 Å². The van der Waals surface area contributed by atoms with E-state index < -0.39 is 5.91 Å². The maximum atomic E-state index is 12.5. The number of H-pyrrole nitrogens is 2. The fourth-order valence-electron chi connectivity index (χ4n) is 2.69. The van der Waals surface area contributed by atoms with Gasteiger partial charge in [-0.3, -0.25) is 9.59 Å². The summed E-state index contributed by atoms with van der Waals surface area (Å²) in [5.41, 5.74) is 1.70. The second kappa shape index (κ2) is 5.54. The van der Waals surface area contributed by atoms with E-state index in [0.29, 0.717) is 21.6 Å². The number of aromatic nitrogens is 2. The van der Waals surface area contributed by atoms with Gasteiger partial charge < -0.3 is 15.3 Å². The Labute approximate surface area is 141 Å². The largest absolute Gasteiger partial charge is 0.361 e. The zero-order chi connectivity index (χ0) is 16.7. The van der Waals surface area contributed by atoms with E-state index in [4.69, 9.17) is 11.6 Å². The van der Waals surface area contributed by atoms with Gasteiger partial charge in [0.05, 0.1) is 10.7 Å². The number of rotatable bonds is 2. The second-order valence-corrected chi connectivity index (χ2v) is 5.84. The average molecular weight is 338 g/mol. The molecule has 0 aliphatic carbocycles. The minimum Gasteiger partial charge on any atom is -0.361 e. The molecular weight excluding hydrogens is 326 g/mol. The van der Waals surface area contributed by atoms with E-state index >= 15 is 0 Å². The molecule has 2 aromatic carbocycles. The lowest BCUT2D eigenvalue weighted by atomic mass is 10.1. The Morgan fingerprint density at radius 1 is 1.04 bits per heavy atom. The number of carbonyl (C=O) groups excluding carboxylic acids is 1. The number of carbonyl (C=O) groups is 1. The summed E-state index contributed by atoms with van der Waals surface area (Å²) in [6.07, 6.45) is 3.21. The summed E-state index contributed by atoms with van der Waals surface area (Å²) in [6.45, 7) is 0. The summed E-state index contributed by atoms with van der Waals surface area (Å²) in [4.78, 5) is 31.0. The number of pyridine rings is 1. The topological polar surface area (TPSA) is 77.8 Å². The van der Waals surface area contributed by atoms with Gasteiger partial charge in [0.1, 0.15) is 5.56 Å². The van der Waals surface area contributed by atoms with Crippen LogP contribution in [0, 0.1) is 0 Å². The second-order valence-electron chi connectivity index (χ2n) is 5.43. The molecule has 24 heavy (non-hydrogen) atoms. The number of fused-ring (bicyclic) bond motifs is 2. The van der Waals surface area contributed by atoms with Crippen molar-refractivity contribution in [2.45, 2.75) is 0 Å². The molecule has 0 atom stereocenters. The molecule has 0 unspecified atom stereocenters. The molecule has 4 rings (SSSR count). The van der Waals surface area contributed by atoms with Crippen molar-refractivity contribution < 1.29 is 4.79 Å². The SMILES string of the molecule is O=C(Nc1cc2[nH]ccc2cc1Cl)c1c[nH]c2ccccc2c1=O. The molecule has 5 nitrogen and oxygen atoms in total. The van der Waals surface area contributed by atoms with Gasteiger partial charge in [-0.25, -0.2) is 0 Å². The summed E-state index contributed by atoms with van der Waals surface area (Å²) in [5, 5.41) is 4.53. The molecular formula is C18H12ClN3O2. The molecule has 0 aliphatic heterocycles. The molecule has 2 heterocycles. The summed E-state index contributed by atoms with van der Waals surface area (Å²) in [7, 11) is 0. The van der Waals surface area contributed by atoms with Crippen LogP contribution in [-0.4, -0.2) is 15.9 Å². The number of benzene rings is 2. The van der Waals surface area contributed by atoms with E-state index in [1.54, 1.807) is 36.5 Å². The molecule has 0 aliphatic rings. The fourth-order valence-corrected chi connectivity index (χ4v) is 2.91. The maximum absolute atomic E-state index is 12.5. The Balaban J connectivity index is 1.74. The van der Waals surface area contributed by atoms with Gasteiger partial charge in [0.2, 0.25) is 5.43 Å². The summed E-state index contributed by atoms with van der Waals surface area (Å²) in [6, 6.07) is 12.4. The van der Waals surface area contributed by atoms with E-state index in [9.17, 15) is 9.59 Å². The van der Waals surface area contributed by atoms with Crippen LogP contribution in [0.2, 0.25) is 5.02 Å². The van der Waals surface area contributed by atoms with Crippen molar-refractivity contribution in [2.75, 3.05) is 5.32 Å². The van der Waals surface area contributed by atoms with Crippen LogP contribution in [0.25, 0.3) is 21.8 Å². The minimum atomic E-state index is -0.505. The van der Waals surface area contributed by atoms with E-state index in [-0.39, 0.29) is 11.0 Å². The lowest BCUT2D eigenvalue weighted by Gasteiger charge is -2.08. The molecule has 0 spiro atoms. The van der Waals surface area contributed by atoms with Gasteiger partial charge >= 0.3 is 0 Å². The quantitative estimate of drug-likeness (QED) is 0.518. The van der Waals surface area contributed by atoms with Gasteiger partial charge in [0.15, 0.2) is 0 Å². The Morgan fingerprint density at radius 2 is 1.88 bits per heavy atom. The molecule has 1 amide bonds. The van der Waals surface area contributed by atoms with Crippen LogP contribution in [0.3, 0.4) is 0 Å². The van der Waals surface area contributed by atoms with E-state index in [2.05, 4.69) is 15.3 Å². The highest BCUT2D eigenvalue weighted by Gasteiger charge is 2.15. The van der Waals surface area contributed by atoms with Gasteiger partial charge in [-0.05, 0) is 30.3 Å². The van der Waals surface area contributed by atoms with Gasteiger partial charge in [-0.15, -0.1) is 0 Å². The van der Waals surface area contributed by atoms with Gasteiger partial charge in [0, 0.05) is 34.2 Å². The van der Waals surface area contributed by atoms with E-state index in [0.717, 1.165) is 10.9 Å². The molecule has 0 fully saturated rings. The van der Waals surface area contributed by atoms with Gasteiger partial charge in [-0.1, -0.05) is 23.7 Å². The number of amides is 1. The summed E-state index contributed by atoms with van der Waals surface area (Å²) >= 11 is 6.21. The maximum Gasteiger partial charge on any atom is 0.261 e. The van der Waals surface area contributed by atoms with Crippen LogP contribution < -0.4 is 10.7 Å². The van der Waals surface area contributed by atoms with Crippen molar-refractivity contribution in [3.63, 3.8) is 0 Å². The number of nitrogens with one attached hydrogen (secondary N) is 3. The van der Waals surface area contributed by atoms with Crippen LogP contribution in [0.15, 0.2) is 59.7 Å². The first-order chi connectivity index (χ1) is 11.6. The van der Waals surface area contributed by atoms with Crippen LogP contribution in [0.4, 0.5) is 5.69 Å². The molecule has 0 radical (unpaired) electrons. The average Bonchev–Trinajstić information content (AvgIpc) is 3.02. The normalized spacial score (nSPS) is 11.0.